The van der Waals surface area contributed by atoms with E-state index in [-0.39, 0.29) is 11.8 Å². The Morgan fingerprint density at radius 3 is 2.55 bits per heavy atom. The number of alkyl halides is 3. The van der Waals surface area contributed by atoms with Gasteiger partial charge >= 0.3 is 6.18 Å². The van der Waals surface area contributed by atoms with Crippen molar-refractivity contribution in [1.82, 2.24) is 14.8 Å². The first kappa shape index (κ1) is 23.3. The average molecular weight is 485 g/mol. The highest BCUT2D eigenvalue weighted by atomic mass is 32.2. The standard InChI is InChI=1S/C20H23F3N6O3S/c1-12-6-8-27(9-7-12)18-25-26-19(28(18)13-2-3-13)33-11-17(30)24-16-5-4-14(29(31)32)10-15(16)20(21,22)23/h4-5,10,12-13H,2-3,6-9,11H2,1H3,(H,24,30). The van der Waals surface area contributed by atoms with Crippen LogP contribution >= 0.6 is 11.8 Å². The van der Waals surface area contributed by atoms with Crippen molar-refractivity contribution in [2.24, 2.45) is 5.92 Å². The molecule has 1 amide bonds. The number of nitrogens with zero attached hydrogens (tertiary/aromatic N) is 5. The first-order valence-corrected chi connectivity index (χ1v) is 11.6. The SMILES string of the molecule is CC1CCN(c2nnc(SCC(=O)Nc3ccc([N+](=O)[O-])cc3C(F)(F)F)n2C2CC2)CC1. The van der Waals surface area contributed by atoms with E-state index in [1.807, 2.05) is 4.57 Å². The van der Waals surface area contributed by atoms with Crippen molar-refractivity contribution in [1.29, 1.82) is 0 Å². The number of rotatable bonds is 7. The van der Waals surface area contributed by atoms with Crippen molar-refractivity contribution in [2.45, 2.75) is 50.0 Å². The third-order valence-corrected chi connectivity index (χ3v) is 6.69. The highest BCUT2D eigenvalue weighted by Gasteiger charge is 2.36. The molecule has 178 valence electrons. The fraction of sp³-hybridized carbons (Fsp3) is 0.550. The van der Waals surface area contributed by atoms with Crippen LogP contribution in [0.3, 0.4) is 0 Å². The monoisotopic (exact) mass is 484 g/mol. The molecular formula is C20H23F3N6O3S. The lowest BCUT2D eigenvalue weighted by Crippen LogP contribution is -2.34. The third-order valence-electron chi connectivity index (χ3n) is 5.75. The molecule has 0 bridgehead atoms. The molecule has 0 radical (unpaired) electrons. The lowest BCUT2D eigenvalue weighted by atomic mass is 10.00. The molecule has 0 atom stereocenters. The van der Waals surface area contributed by atoms with E-state index in [1.54, 1.807) is 0 Å². The number of benzene rings is 1. The zero-order valence-corrected chi connectivity index (χ0v) is 18.7. The molecule has 1 aromatic heterocycles. The number of nitrogens with one attached hydrogen (secondary N) is 1. The van der Waals surface area contributed by atoms with Gasteiger partial charge in [0.25, 0.3) is 5.69 Å². The minimum Gasteiger partial charge on any atom is -0.341 e. The van der Waals surface area contributed by atoms with Gasteiger partial charge in [-0.3, -0.25) is 19.5 Å². The van der Waals surface area contributed by atoms with Crippen LogP contribution in [0.15, 0.2) is 23.4 Å². The number of carbonyl (C=O) groups is 1. The van der Waals surface area contributed by atoms with Gasteiger partial charge in [-0.25, -0.2) is 0 Å². The van der Waals surface area contributed by atoms with Crippen LogP contribution < -0.4 is 10.2 Å². The van der Waals surface area contributed by atoms with Crippen molar-refractivity contribution in [2.75, 3.05) is 29.1 Å². The van der Waals surface area contributed by atoms with Crippen molar-refractivity contribution in [3.63, 3.8) is 0 Å². The smallest absolute Gasteiger partial charge is 0.341 e. The van der Waals surface area contributed by atoms with Crippen LogP contribution in [0.5, 0.6) is 0 Å². The highest BCUT2D eigenvalue weighted by Crippen LogP contribution is 2.42. The molecule has 1 aliphatic carbocycles. The largest absolute Gasteiger partial charge is 0.418 e. The Kier molecular flexibility index (Phi) is 6.50. The quantitative estimate of drug-likeness (QED) is 0.350. The molecule has 9 nitrogen and oxygen atoms in total. The number of thioether (sulfide) groups is 1. The summed E-state index contributed by atoms with van der Waals surface area (Å²) >= 11 is 1.11. The summed E-state index contributed by atoms with van der Waals surface area (Å²) in [4.78, 5) is 24.5. The summed E-state index contributed by atoms with van der Waals surface area (Å²) in [6, 6.07) is 2.50. The number of nitro benzene ring substituents is 1. The molecule has 2 aromatic rings. The van der Waals surface area contributed by atoms with Gasteiger partial charge in [0.15, 0.2) is 5.16 Å². The van der Waals surface area contributed by atoms with Crippen LogP contribution in [0.1, 0.15) is 44.2 Å². The van der Waals surface area contributed by atoms with Crippen LogP contribution in [-0.4, -0.2) is 44.4 Å². The van der Waals surface area contributed by atoms with Gasteiger partial charge in [-0.1, -0.05) is 18.7 Å². The summed E-state index contributed by atoms with van der Waals surface area (Å²) < 4.78 is 42.0. The summed E-state index contributed by atoms with van der Waals surface area (Å²) in [5, 5.41) is 22.2. The lowest BCUT2D eigenvalue weighted by molar-refractivity contribution is -0.385. The molecule has 13 heteroatoms. The van der Waals surface area contributed by atoms with Crippen molar-refractivity contribution >= 4 is 35.0 Å². The van der Waals surface area contributed by atoms with E-state index < -0.39 is 33.9 Å². The second-order valence-electron chi connectivity index (χ2n) is 8.37. The Balaban J connectivity index is 1.45. The van der Waals surface area contributed by atoms with Crippen LogP contribution in [0.2, 0.25) is 0 Å². The molecule has 0 spiro atoms. The number of halogens is 3. The van der Waals surface area contributed by atoms with E-state index in [4.69, 9.17) is 0 Å². The molecule has 2 fully saturated rings. The second-order valence-corrected chi connectivity index (χ2v) is 9.32. The molecule has 4 rings (SSSR count). The fourth-order valence-corrected chi connectivity index (χ4v) is 4.55. The maximum absolute atomic E-state index is 13.3. The number of piperidine rings is 1. The fourth-order valence-electron chi connectivity index (χ4n) is 3.75. The third kappa shape index (κ3) is 5.40. The molecule has 1 aromatic carbocycles. The lowest BCUT2D eigenvalue weighted by Gasteiger charge is -2.31. The van der Waals surface area contributed by atoms with E-state index in [1.165, 1.54) is 0 Å². The maximum atomic E-state index is 13.3. The molecule has 33 heavy (non-hydrogen) atoms. The number of amides is 1. The zero-order valence-electron chi connectivity index (χ0n) is 17.8. The molecule has 2 aliphatic rings. The van der Waals surface area contributed by atoms with Gasteiger partial charge in [-0.15, -0.1) is 10.2 Å². The molecular weight excluding hydrogens is 461 g/mol. The van der Waals surface area contributed by atoms with Gasteiger partial charge in [0, 0.05) is 31.3 Å². The predicted molar refractivity (Wildman–Crippen MR) is 116 cm³/mol. The Bertz CT molecular complexity index is 1050. The minimum absolute atomic E-state index is 0.170. The molecule has 0 unspecified atom stereocenters. The van der Waals surface area contributed by atoms with E-state index in [0.717, 1.165) is 68.6 Å². The van der Waals surface area contributed by atoms with Crippen molar-refractivity contribution < 1.29 is 22.9 Å². The number of aromatic nitrogens is 3. The van der Waals surface area contributed by atoms with Crippen LogP contribution in [-0.2, 0) is 11.0 Å². The molecule has 1 aliphatic heterocycles. The summed E-state index contributed by atoms with van der Waals surface area (Å²) in [5.74, 6) is 0.605. The van der Waals surface area contributed by atoms with Crippen molar-refractivity contribution in [3.05, 3.63) is 33.9 Å². The zero-order chi connectivity index (χ0) is 23.8. The molecule has 1 saturated heterocycles. The van der Waals surface area contributed by atoms with E-state index in [9.17, 15) is 28.1 Å². The first-order chi connectivity index (χ1) is 15.6. The van der Waals surface area contributed by atoms with Gasteiger partial charge in [0.05, 0.1) is 21.9 Å². The first-order valence-electron chi connectivity index (χ1n) is 10.6. The Hall–Kier alpha value is -2.83. The topological polar surface area (TPSA) is 106 Å². The molecule has 2 heterocycles. The summed E-state index contributed by atoms with van der Waals surface area (Å²) in [7, 11) is 0. The number of hydrogen-bond donors (Lipinski definition) is 1. The molecule has 1 saturated carbocycles. The van der Waals surface area contributed by atoms with Crippen LogP contribution in [0.4, 0.5) is 30.5 Å². The summed E-state index contributed by atoms with van der Waals surface area (Å²) in [6.45, 7) is 3.99. The van der Waals surface area contributed by atoms with Gasteiger partial charge in [0.2, 0.25) is 11.9 Å². The van der Waals surface area contributed by atoms with Gasteiger partial charge in [-0.05, 0) is 37.7 Å². The summed E-state index contributed by atoms with van der Waals surface area (Å²) in [6.07, 6.45) is -0.729. The van der Waals surface area contributed by atoms with Crippen LogP contribution in [0, 0.1) is 16.0 Å². The van der Waals surface area contributed by atoms with Gasteiger partial charge in [-0.2, -0.15) is 13.2 Å². The van der Waals surface area contributed by atoms with Gasteiger partial charge in [0.1, 0.15) is 0 Å². The Labute approximate surface area is 191 Å². The number of carbonyl (C=O) groups excluding carboxylic acids is 1. The van der Waals surface area contributed by atoms with Gasteiger partial charge < -0.3 is 10.2 Å². The predicted octanol–water partition coefficient (Wildman–Crippen LogP) is 4.51. The number of hydrogen-bond acceptors (Lipinski definition) is 7. The average Bonchev–Trinajstić information content (AvgIpc) is 3.51. The Morgan fingerprint density at radius 1 is 1.24 bits per heavy atom. The maximum Gasteiger partial charge on any atom is 0.418 e. The highest BCUT2D eigenvalue weighted by molar-refractivity contribution is 7.99. The normalized spacial score (nSPS) is 17.3. The molecule has 1 N–H and O–H groups in total. The van der Waals surface area contributed by atoms with E-state index >= 15 is 0 Å². The number of anilines is 2. The number of nitro groups is 1. The summed E-state index contributed by atoms with van der Waals surface area (Å²) in [5.41, 5.74) is -2.49. The van der Waals surface area contributed by atoms with Crippen LogP contribution in [0.25, 0.3) is 0 Å². The van der Waals surface area contributed by atoms with E-state index in [0.29, 0.717) is 17.1 Å². The Morgan fingerprint density at radius 2 is 1.94 bits per heavy atom. The van der Waals surface area contributed by atoms with Crippen molar-refractivity contribution in [3.8, 4) is 0 Å². The second kappa shape index (κ2) is 9.20. The van der Waals surface area contributed by atoms with E-state index in [2.05, 4.69) is 27.3 Å². The minimum atomic E-state index is -4.85. The number of non-ortho nitro benzene ring substituents is 1.